The summed E-state index contributed by atoms with van der Waals surface area (Å²) in [4.78, 5) is 6.72. The van der Waals surface area contributed by atoms with Crippen molar-refractivity contribution in [2.45, 2.75) is 90.4 Å². The molecule has 1 N–H and O–H groups in total. The molecule has 1 aliphatic rings. The topological polar surface area (TPSA) is 35.8 Å². The van der Waals surface area contributed by atoms with Crippen molar-refractivity contribution < 1.29 is 5.11 Å². The first-order chi connectivity index (χ1) is 11.9. The summed E-state index contributed by atoms with van der Waals surface area (Å²) in [6, 6.07) is 0. The Morgan fingerprint density at radius 1 is 0.917 bits per heavy atom. The number of β-amino-alcohol motifs (C(OH)–C–C–N with tert-alkyl or cyclic N) is 1. The first-order valence-corrected chi connectivity index (χ1v) is 10.4. The van der Waals surface area contributed by atoms with E-state index in [0.717, 1.165) is 31.9 Å². The van der Waals surface area contributed by atoms with Gasteiger partial charge in [-0.15, -0.1) is 0 Å². The lowest BCUT2D eigenvalue weighted by molar-refractivity contribution is 0.255. The normalized spacial score (nSPS) is 14.8. The molecule has 1 aliphatic heterocycles. The molecule has 1 rings (SSSR count). The van der Waals surface area contributed by atoms with Crippen LogP contribution in [0, 0.1) is 0 Å². The Labute approximate surface area is 150 Å². The van der Waals surface area contributed by atoms with Crippen LogP contribution in [0.15, 0.2) is 17.1 Å². The number of rotatable bonds is 16. The maximum absolute atomic E-state index is 9.02. The van der Waals surface area contributed by atoms with Gasteiger partial charge in [-0.3, -0.25) is 4.99 Å². The largest absolute Gasteiger partial charge is 0.395 e. The van der Waals surface area contributed by atoms with Gasteiger partial charge in [-0.05, 0) is 12.8 Å². The van der Waals surface area contributed by atoms with Gasteiger partial charge in [0.05, 0.1) is 13.2 Å². The van der Waals surface area contributed by atoms with Gasteiger partial charge in [0.15, 0.2) is 0 Å². The number of amidine groups is 1. The van der Waals surface area contributed by atoms with E-state index in [1.165, 1.54) is 77.0 Å². The van der Waals surface area contributed by atoms with E-state index >= 15 is 0 Å². The van der Waals surface area contributed by atoms with Crippen molar-refractivity contribution in [3.8, 4) is 0 Å². The predicted octanol–water partition coefficient (Wildman–Crippen LogP) is 5.34. The smallest absolute Gasteiger partial charge is 0.103 e. The summed E-state index contributed by atoms with van der Waals surface area (Å²) in [6.45, 7) is 5.10. The summed E-state index contributed by atoms with van der Waals surface area (Å²) in [5, 5.41) is 9.02. The minimum absolute atomic E-state index is 0.224. The summed E-state index contributed by atoms with van der Waals surface area (Å²) in [5.74, 6) is 1.15. The Morgan fingerprint density at radius 3 is 2.17 bits per heavy atom. The number of hydrogen-bond acceptors (Lipinski definition) is 3. The molecule has 0 aromatic carbocycles. The van der Waals surface area contributed by atoms with Crippen LogP contribution in [0.5, 0.6) is 0 Å². The van der Waals surface area contributed by atoms with Crippen molar-refractivity contribution in [3.05, 3.63) is 12.2 Å². The van der Waals surface area contributed by atoms with Crippen LogP contribution in [0.25, 0.3) is 0 Å². The summed E-state index contributed by atoms with van der Waals surface area (Å²) in [5.41, 5.74) is 0. The fraction of sp³-hybridized carbons (Fsp3) is 0.857. The Balaban J connectivity index is 1.85. The van der Waals surface area contributed by atoms with Crippen LogP contribution >= 0.6 is 0 Å². The molecule has 0 spiro atoms. The van der Waals surface area contributed by atoms with E-state index in [4.69, 9.17) is 5.11 Å². The van der Waals surface area contributed by atoms with Crippen LogP contribution in [0.1, 0.15) is 90.4 Å². The van der Waals surface area contributed by atoms with Crippen molar-refractivity contribution >= 4 is 5.84 Å². The van der Waals surface area contributed by atoms with Gasteiger partial charge in [0.25, 0.3) is 0 Å². The van der Waals surface area contributed by atoms with Crippen LogP contribution in [0.2, 0.25) is 0 Å². The standard InChI is InChI=1S/C21H40N2O/c1-2-3-4-5-6-7-8-9-10-11-12-13-14-15-16-21-22-17-18-23(21)19-20-24/h14-15,24H,2-13,16-20H2,1H3/b15-14+. The van der Waals surface area contributed by atoms with E-state index < -0.39 is 0 Å². The molecule has 24 heavy (non-hydrogen) atoms. The number of unbranched alkanes of at least 4 members (excludes halogenated alkanes) is 11. The molecule has 0 radical (unpaired) electrons. The molecule has 0 atom stereocenters. The first kappa shape index (κ1) is 21.2. The fourth-order valence-electron chi connectivity index (χ4n) is 3.32. The molecule has 140 valence electrons. The average molecular weight is 337 g/mol. The summed E-state index contributed by atoms with van der Waals surface area (Å²) >= 11 is 0. The Hall–Kier alpha value is -0.830. The van der Waals surface area contributed by atoms with E-state index in [9.17, 15) is 0 Å². The lowest BCUT2D eigenvalue weighted by atomic mass is 10.1. The fourth-order valence-corrected chi connectivity index (χ4v) is 3.32. The second-order valence-corrected chi connectivity index (χ2v) is 7.01. The highest BCUT2D eigenvalue weighted by Gasteiger charge is 2.13. The van der Waals surface area contributed by atoms with E-state index in [-0.39, 0.29) is 6.61 Å². The lowest BCUT2D eigenvalue weighted by Crippen LogP contribution is -2.30. The molecule has 1 heterocycles. The quantitative estimate of drug-likeness (QED) is 0.305. The van der Waals surface area contributed by atoms with Crippen LogP contribution in [-0.4, -0.2) is 42.1 Å². The molecule has 0 saturated heterocycles. The summed E-state index contributed by atoms with van der Waals surface area (Å²) in [7, 11) is 0. The zero-order valence-corrected chi connectivity index (χ0v) is 16.0. The second kappa shape index (κ2) is 15.7. The Morgan fingerprint density at radius 2 is 1.54 bits per heavy atom. The Kier molecular flexibility index (Phi) is 13.9. The molecule has 0 aromatic heterocycles. The van der Waals surface area contributed by atoms with Crippen molar-refractivity contribution in [1.82, 2.24) is 4.90 Å². The minimum Gasteiger partial charge on any atom is -0.395 e. The molecule has 3 nitrogen and oxygen atoms in total. The highest BCUT2D eigenvalue weighted by molar-refractivity contribution is 5.85. The molecule has 0 bridgehead atoms. The third-order valence-electron chi connectivity index (χ3n) is 4.84. The van der Waals surface area contributed by atoms with Crippen molar-refractivity contribution in [2.24, 2.45) is 4.99 Å². The zero-order valence-electron chi connectivity index (χ0n) is 16.0. The molecular formula is C21H40N2O. The number of hydrogen-bond donors (Lipinski definition) is 1. The van der Waals surface area contributed by atoms with Gasteiger partial charge >= 0.3 is 0 Å². The van der Waals surface area contributed by atoms with Crippen molar-refractivity contribution in [3.63, 3.8) is 0 Å². The van der Waals surface area contributed by atoms with E-state index in [1.807, 2.05) is 0 Å². The Bertz CT molecular complexity index is 339. The van der Waals surface area contributed by atoms with Gasteiger partial charge < -0.3 is 10.0 Å². The molecule has 0 amide bonds. The lowest BCUT2D eigenvalue weighted by Gasteiger charge is -2.17. The second-order valence-electron chi connectivity index (χ2n) is 7.01. The highest BCUT2D eigenvalue weighted by atomic mass is 16.3. The first-order valence-electron chi connectivity index (χ1n) is 10.4. The van der Waals surface area contributed by atoms with Gasteiger partial charge in [0.1, 0.15) is 5.84 Å². The maximum atomic E-state index is 9.02. The third kappa shape index (κ3) is 10.9. The van der Waals surface area contributed by atoms with E-state index in [0.29, 0.717) is 0 Å². The van der Waals surface area contributed by atoms with Crippen molar-refractivity contribution in [2.75, 3.05) is 26.2 Å². The monoisotopic (exact) mass is 336 g/mol. The number of aliphatic hydroxyl groups excluding tert-OH is 1. The van der Waals surface area contributed by atoms with Gasteiger partial charge in [-0.25, -0.2) is 0 Å². The highest BCUT2D eigenvalue weighted by Crippen LogP contribution is 2.12. The van der Waals surface area contributed by atoms with Crippen LogP contribution in [-0.2, 0) is 0 Å². The van der Waals surface area contributed by atoms with Gasteiger partial charge in [0.2, 0.25) is 0 Å². The molecule has 0 aromatic rings. The number of nitrogens with zero attached hydrogens (tertiary/aromatic N) is 2. The number of aliphatic imine (C=N–C) groups is 1. The molecule has 0 aliphatic carbocycles. The van der Waals surface area contributed by atoms with Crippen LogP contribution in [0.4, 0.5) is 0 Å². The number of allylic oxidation sites excluding steroid dienone is 1. The molecule has 0 unspecified atom stereocenters. The third-order valence-corrected chi connectivity index (χ3v) is 4.84. The number of aliphatic hydroxyl groups is 1. The van der Waals surface area contributed by atoms with Gasteiger partial charge in [-0.1, -0.05) is 83.3 Å². The van der Waals surface area contributed by atoms with E-state index in [2.05, 4.69) is 29.0 Å². The predicted molar refractivity (Wildman–Crippen MR) is 106 cm³/mol. The minimum atomic E-state index is 0.224. The van der Waals surface area contributed by atoms with Crippen LogP contribution in [0.3, 0.4) is 0 Å². The van der Waals surface area contributed by atoms with Crippen molar-refractivity contribution in [1.29, 1.82) is 0 Å². The SMILES string of the molecule is CCCCCCCCCCCCC/C=C/CC1=NCCN1CCO. The summed E-state index contributed by atoms with van der Waals surface area (Å²) < 4.78 is 0. The molecule has 0 saturated carbocycles. The molecule has 3 heteroatoms. The average Bonchev–Trinajstić information content (AvgIpc) is 3.03. The molecule has 0 fully saturated rings. The van der Waals surface area contributed by atoms with Gasteiger partial charge in [0, 0.05) is 19.5 Å². The van der Waals surface area contributed by atoms with E-state index in [1.54, 1.807) is 0 Å². The van der Waals surface area contributed by atoms with Gasteiger partial charge in [-0.2, -0.15) is 0 Å². The van der Waals surface area contributed by atoms with Crippen LogP contribution < -0.4 is 0 Å². The molecular weight excluding hydrogens is 296 g/mol. The summed E-state index contributed by atoms with van der Waals surface area (Å²) in [6.07, 6.45) is 22.2. The zero-order chi connectivity index (χ0) is 17.3. The maximum Gasteiger partial charge on any atom is 0.103 e.